The van der Waals surface area contributed by atoms with Crippen LogP contribution in [0.3, 0.4) is 0 Å². The Hall–Kier alpha value is -1.09. The van der Waals surface area contributed by atoms with Gasteiger partial charge in [0, 0.05) is 9.58 Å². The quantitative estimate of drug-likeness (QED) is 0.738. The number of phenolic OH excluding ortho intramolecular Hbond substituents is 1. The van der Waals surface area contributed by atoms with Gasteiger partial charge in [0.25, 0.3) is 0 Å². The summed E-state index contributed by atoms with van der Waals surface area (Å²) in [6, 6.07) is 6.86. The Morgan fingerprint density at radius 2 is 2.15 bits per heavy atom. The summed E-state index contributed by atoms with van der Waals surface area (Å²) >= 11 is 1.43. The molecule has 68 valence electrons. The minimum atomic E-state index is -0.931. The first kappa shape index (κ1) is 8.51. The van der Waals surface area contributed by atoms with E-state index < -0.39 is 6.17 Å². The second-order valence-corrected chi connectivity index (χ2v) is 4.10. The van der Waals surface area contributed by atoms with Gasteiger partial charge in [-0.25, -0.2) is 4.39 Å². The molecule has 1 nitrogen and oxygen atoms in total. The molecule has 2 aromatic rings. The molecule has 1 atom stereocenters. The summed E-state index contributed by atoms with van der Waals surface area (Å²) in [4.78, 5) is 0.709. The molecule has 1 N–H and O–H groups in total. The molecule has 0 spiro atoms. The van der Waals surface area contributed by atoms with Gasteiger partial charge in [-0.1, -0.05) is 0 Å². The number of fused-ring (bicyclic) bond motifs is 1. The van der Waals surface area contributed by atoms with Gasteiger partial charge in [-0.15, -0.1) is 11.3 Å². The Balaban J connectivity index is 2.62. The summed E-state index contributed by atoms with van der Waals surface area (Å²) in [6.45, 7) is 1.52. The van der Waals surface area contributed by atoms with Gasteiger partial charge in [0.1, 0.15) is 11.9 Å². The minimum absolute atomic E-state index is 0.225. The van der Waals surface area contributed by atoms with Crippen LogP contribution in [0, 0.1) is 0 Å². The third-order valence-corrected chi connectivity index (χ3v) is 3.18. The van der Waals surface area contributed by atoms with E-state index in [2.05, 4.69) is 0 Å². The number of alkyl halides is 1. The number of aromatic hydroxyl groups is 1. The Kier molecular flexibility index (Phi) is 1.96. The van der Waals surface area contributed by atoms with E-state index in [-0.39, 0.29) is 5.75 Å². The highest BCUT2D eigenvalue weighted by Gasteiger charge is 2.07. The van der Waals surface area contributed by atoms with Crippen molar-refractivity contribution in [2.45, 2.75) is 13.1 Å². The molecule has 1 unspecified atom stereocenters. The fraction of sp³-hybridized carbons (Fsp3) is 0.200. The smallest absolute Gasteiger partial charge is 0.131 e. The number of halogens is 1. The molecule has 0 radical (unpaired) electrons. The molecule has 1 aromatic carbocycles. The van der Waals surface area contributed by atoms with E-state index in [0.29, 0.717) is 4.88 Å². The maximum absolute atomic E-state index is 12.9. The van der Waals surface area contributed by atoms with Gasteiger partial charge in [0.05, 0.1) is 0 Å². The molecule has 0 fully saturated rings. The van der Waals surface area contributed by atoms with Crippen molar-refractivity contribution in [2.75, 3.05) is 0 Å². The molecule has 0 aliphatic heterocycles. The van der Waals surface area contributed by atoms with Crippen LogP contribution in [-0.4, -0.2) is 5.11 Å². The van der Waals surface area contributed by atoms with Gasteiger partial charge < -0.3 is 5.11 Å². The number of phenols is 1. The zero-order valence-electron chi connectivity index (χ0n) is 7.12. The fourth-order valence-corrected chi connectivity index (χ4v) is 2.22. The van der Waals surface area contributed by atoms with E-state index >= 15 is 0 Å². The van der Waals surface area contributed by atoms with Crippen molar-refractivity contribution in [3.63, 3.8) is 0 Å². The summed E-state index contributed by atoms with van der Waals surface area (Å²) in [6.07, 6.45) is -0.931. The lowest BCUT2D eigenvalue weighted by molar-refractivity contribution is 0.380. The normalized spacial score (nSPS) is 13.4. The van der Waals surface area contributed by atoms with E-state index in [9.17, 15) is 9.50 Å². The molecule has 0 saturated heterocycles. The molecule has 0 saturated carbocycles. The first-order valence-corrected chi connectivity index (χ1v) is 4.85. The van der Waals surface area contributed by atoms with Gasteiger partial charge >= 0.3 is 0 Å². The monoisotopic (exact) mass is 196 g/mol. The highest BCUT2D eigenvalue weighted by molar-refractivity contribution is 7.19. The van der Waals surface area contributed by atoms with Crippen molar-refractivity contribution in [1.82, 2.24) is 0 Å². The van der Waals surface area contributed by atoms with Crippen molar-refractivity contribution in [3.8, 4) is 5.75 Å². The lowest BCUT2D eigenvalue weighted by Crippen LogP contribution is -1.74. The zero-order chi connectivity index (χ0) is 9.42. The fourth-order valence-electron chi connectivity index (χ4n) is 1.25. The Morgan fingerprint density at radius 1 is 1.38 bits per heavy atom. The van der Waals surface area contributed by atoms with Gasteiger partial charge in [-0.3, -0.25) is 0 Å². The Bertz CT molecular complexity index is 433. The van der Waals surface area contributed by atoms with Crippen LogP contribution in [-0.2, 0) is 0 Å². The van der Waals surface area contributed by atoms with E-state index in [4.69, 9.17) is 0 Å². The summed E-state index contributed by atoms with van der Waals surface area (Å²) in [5.41, 5.74) is 0. The van der Waals surface area contributed by atoms with E-state index in [1.165, 1.54) is 18.3 Å². The minimum Gasteiger partial charge on any atom is -0.508 e. The topological polar surface area (TPSA) is 20.2 Å². The number of rotatable bonds is 1. The maximum Gasteiger partial charge on any atom is 0.131 e. The molecule has 0 aliphatic carbocycles. The van der Waals surface area contributed by atoms with Crippen molar-refractivity contribution < 1.29 is 9.50 Å². The number of benzene rings is 1. The number of thiophene rings is 1. The lowest BCUT2D eigenvalue weighted by atomic mass is 10.2. The Labute approximate surface area is 79.4 Å². The van der Waals surface area contributed by atoms with Crippen molar-refractivity contribution in [2.24, 2.45) is 0 Å². The van der Waals surface area contributed by atoms with Gasteiger partial charge in [-0.05, 0) is 36.6 Å². The molecule has 1 aromatic heterocycles. The molecule has 0 bridgehead atoms. The molecule has 13 heavy (non-hydrogen) atoms. The van der Waals surface area contributed by atoms with Crippen LogP contribution in [0.5, 0.6) is 5.75 Å². The average Bonchev–Trinajstić information content (AvgIpc) is 2.46. The van der Waals surface area contributed by atoms with Gasteiger partial charge in [0.2, 0.25) is 0 Å². The summed E-state index contributed by atoms with van der Waals surface area (Å²) < 4.78 is 13.9. The lowest BCUT2D eigenvalue weighted by Gasteiger charge is -1.91. The number of hydrogen-bond acceptors (Lipinski definition) is 2. The Morgan fingerprint density at radius 3 is 2.85 bits per heavy atom. The molecule has 2 rings (SSSR count). The highest BCUT2D eigenvalue weighted by Crippen LogP contribution is 2.32. The van der Waals surface area contributed by atoms with Crippen LogP contribution >= 0.6 is 11.3 Å². The first-order chi connectivity index (χ1) is 6.16. The summed E-state index contributed by atoms with van der Waals surface area (Å²) in [7, 11) is 0. The standard InChI is InChI=1S/C10H9FOS/c1-6(11)10-5-7-4-8(12)2-3-9(7)13-10/h2-6,12H,1H3. The van der Waals surface area contributed by atoms with Crippen molar-refractivity contribution in [1.29, 1.82) is 0 Å². The average molecular weight is 196 g/mol. The zero-order valence-corrected chi connectivity index (χ0v) is 7.94. The van der Waals surface area contributed by atoms with Gasteiger partial charge in [-0.2, -0.15) is 0 Å². The third kappa shape index (κ3) is 1.52. The van der Waals surface area contributed by atoms with Gasteiger partial charge in [0.15, 0.2) is 0 Å². The van der Waals surface area contributed by atoms with Crippen molar-refractivity contribution in [3.05, 3.63) is 29.1 Å². The highest BCUT2D eigenvalue weighted by atomic mass is 32.1. The van der Waals surface area contributed by atoms with E-state index in [1.807, 2.05) is 0 Å². The van der Waals surface area contributed by atoms with Crippen LogP contribution in [0.25, 0.3) is 10.1 Å². The van der Waals surface area contributed by atoms with Crippen LogP contribution in [0.4, 0.5) is 4.39 Å². The maximum atomic E-state index is 12.9. The van der Waals surface area contributed by atoms with Crippen LogP contribution in [0.1, 0.15) is 18.0 Å². The molecular weight excluding hydrogens is 187 g/mol. The molecule has 0 aliphatic rings. The predicted octanol–water partition coefficient (Wildman–Crippen LogP) is 3.64. The van der Waals surface area contributed by atoms with Crippen molar-refractivity contribution >= 4 is 21.4 Å². The van der Waals surface area contributed by atoms with E-state index in [0.717, 1.165) is 10.1 Å². The van der Waals surface area contributed by atoms with Crippen LogP contribution in [0.15, 0.2) is 24.3 Å². The molecular formula is C10H9FOS. The SMILES string of the molecule is CC(F)c1cc2cc(O)ccc2s1. The van der Waals surface area contributed by atoms with E-state index in [1.54, 1.807) is 24.3 Å². The summed E-state index contributed by atoms with van der Waals surface area (Å²) in [5.74, 6) is 0.225. The second-order valence-electron chi connectivity index (χ2n) is 2.99. The van der Waals surface area contributed by atoms with Crippen LogP contribution < -0.4 is 0 Å². The molecule has 1 heterocycles. The molecule has 3 heteroatoms. The van der Waals surface area contributed by atoms with Crippen LogP contribution in [0.2, 0.25) is 0 Å². The largest absolute Gasteiger partial charge is 0.508 e. The predicted molar refractivity (Wildman–Crippen MR) is 53.0 cm³/mol. The molecule has 0 amide bonds. The second kappa shape index (κ2) is 3.00. The number of hydrogen-bond donors (Lipinski definition) is 1. The first-order valence-electron chi connectivity index (χ1n) is 4.03. The third-order valence-electron chi connectivity index (χ3n) is 1.91. The summed E-state index contributed by atoms with van der Waals surface area (Å²) in [5, 5.41) is 10.1.